The lowest BCUT2D eigenvalue weighted by Crippen LogP contribution is -1.80. The predicted molar refractivity (Wildman–Crippen MR) is 96.5 cm³/mol. The van der Waals surface area contributed by atoms with E-state index < -0.39 is 0 Å². The molecule has 0 aliphatic carbocycles. The Bertz CT molecular complexity index is 901. The smallest absolute Gasteiger partial charge is 0.135 e. The molecule has 0 atom stereocenters. The first-order valence-electron chi connectivity index (χ1n) is 7.21. The molecule has 0 saturated heterocycles. The fourth-order valence-corrected chi connectivity index (χ4v) is 3.02. The maximum atomic E-state index is 9.37. The zero-order chi connectivity index (χ0) is 16.2. The molecule has 0 amide bonds. The lowest BCUT2D eigenvalue weighted by molar-refractivity contribution is 0.571. The van der Waals surface area contributed by atoms with Crippen molar-refractivity contribution in [2.24, 2.45) is 0 Å². The van der Waals surface area contributed by atoms with Gasteiger partial charge in [0.1, 0.15) is 11.5 Å². The molecule has 0 spiro atoms. The number of halogens is 1. The third-order valence-corrected chi connectivity index (χ3v) is 4.16. The molecular formula is C20H14BrNO. The fraction of sp³-hybridized carbons (Fsp3) is 0.0500. The van der Waals surface area contributed by atoms with E-state index in [1.807, 2.05) is 61.5 Å². The molecule has 0 saturated carbocycles. The zero-order valence-corrected chi connectivity index (χ0v) is 14.2. The number of hydrogen-bond donors (Lipinski definition) is 0. The van der Waals surface area contributed by atoms with Crippen molar-refractivity contribution in [2.45, 2.75) is 6.92 Å². The molecule has 1 aromatic heterocycles. The number of hydrogen-bond acceptors (Lipinski definition) is 2. The standard InChI is InChI=1S/C20H14BrNO/c1-14-7-9-18(19(21)11-14)20-10-8-17(23-20)12-16(13-22)15-5-3-2-4-6-15/h2-12H,1H3/b16-12-. The van der Waals surface area contributed by atoms with E-state index in [2.05, 4.69) is 28.1 Å². The molecule has 3 rings (SSSR count). The molecule has 1 heterocycles. The van der Waals surface area contributed by atoms with E-state index in [0.717, 1.165) is 21.4 Å². The number of nitrogens with zero attached hydrogens (tertiary/aromatic N) is 1. The van der Waals surface area contributed by atoms with Gasteiger partial charge in [0.25, 0.3) is 0 Å². The monoisotopic (exact) mass is 363 g/mol. The van der Waals surface area contributed by atoms with Crippen molar-refractivity contribution in [3.05, 3.63) is 82.0 Å². The lowest BCUT2D eigenvalue weighted by Gasteiger charge is -2.02. The second-order valence-corrected chi connectivity index (χ2v) is 6.08. The third kappa shape index (κ3) is 3.44. The Morgan fingerprint density at radius 1 is 1.09 bits per heavy atom. The maximum Gasteiger partial charge on any atom is 0.135 e. The summed E-state index contributed by atoms with van der Waals surface area (Å²) in [5, 5.41) is 9.37. The quantitative estimate of drug-likeness (QED) is 0.528. The van der Waals surface area contributed by atoms with Crippen LogP contribution in [0.15, 0.2) is 69.6 Å². The second kappa shape index (κ2) is 6.68. The molecule has 3 aromatic rings. The number of allylic oxidation sites excluding steroid dienone is 1. The summed E-state index contributed by atoms with van der Waals surface area (Å²) >= 11 is 3.57. The van der Waals surface area contributed by atoms with Gasteiger partial charge in [0.05, 0.1) is 11.6 Å². The van der Waals surface area contributed by atoms with Crippen LogP contribution in [0.1, 0.15) is 16.9 Å². The summed E-state index contributed by atoms with van der Waals surface area (Å²) in [5.74, 6) is 1.43. The third-order valence-electron chi connectivity index (χ3n) is 3.51. The van der Waals surface area contributed by atoms with E-state index in [1.165, 1.54) is 5.56 Å². The van der Waals surface area contributed by atoms with Crippen molar-refractivity contribution in [1.29, 1.82) is 5.26 Å². The summed E-state index contributed by atoms with van der Waals surface area (Å²) < 4.78 is 6.88. The van der Waals surface area contributed by atoms with Crippen LogP contribution in [0.25, 0.3) is 23.0 Å². The van der Waals surface area contributed by atoms with Crippen LogP contribution in [0, 0.1) is 18.3 Å². The van der Waals surface area contributed by atoms with Gasteiger partial charge < -0.3 is 4.42 Å². The van der Waals surface area contributed by atoms with Gasteiger partial charge in [-0.1, -0.05) is 52.3 Å². The molecule has 2 aromatic carbocycles. The van der Waals surface area contributed by atoms with Gasteiger partial charge in [0.15, 0.2) is 0 Å². The summed E-state index contributed by atoms with van der Waals surface area (Å²) in [4.78, 5) is 0. The molecule has 0 aliphatic rings. The van der Waals surface area contributed by atoms with E-state index in [-0.39, 0.29) is 0 Å². The van der Waals surface area contributed by atoms with Gasteiger partial charge in [-0.3, -0.25) is 0 Å². The van der Waals surface area contributed by atoms with Crippen LogP contribution < -0.4 is 0 Å². The highest BCUT2D eigenvalue weighted by Gasteiger charge is 2.09. The molecule has 0 radical (unpaired) electrons. The fourth-order valence-electron chi connectivity index (χ4n) is 2.34. The highest BCUT2D eigenvalue weighted by atomic mass is 79.9. The van der Waals surface area contributed by atoms with E-state index in [0.29, 0.717) is 11.3 Å². The van der Waals surface area contributed by atoms with Crippen molar-refractivity contribution >= 4 is 27.6 Å². The normalized spacial score (nSPS) is 11.3. The average molecular weight is 364 g/mol. The summed E-state index contributed by atoms with van der Waals surface area (Å²) in [5.41, 5.74) is 3.63. The molecule has 3 heteroatoms. The molecule has 0 fully saturated rings. The molecule has 2 nitrogen and oxygen atoms in total. The van der Waals surface area contributed by atoms with Crippen LogP contribution in [-0.2, 0) is 0 Å². The van der Waals surface area contributed by atoms with Crippen molar-refractivity contribution in [2.75, 3.05) is 0 Å². The lowest BCUT2D eigenvalue weighted by atomic mass is 10.1. The number of aryl methyl sites for hydroxylation is 1. The van der Waals surface area contributed by atoms with Crippen LogP contribution in [0.4, 0.5) is 0 Å². The van der Waals surface area contributed by atoms with Crippen molar-refractivity contribution in [3.8, 4) is 17.4 Å². The summed E-state index contributed by atoms with van der Waals surface area (Å²) in [6, 6.07) is 21.7. The summed E-state index contributed by atoms with van der Waals surface area (Å²) in [7, 11) is 0. The van der Waals surface area contributed by atoms with Crippen LogP contribution in [0.5, 0.6) is 0 Å². The Labute approximate surface area is 143 Å². The van der Waals surface area contributed by atoms with Crippen LogP contribution in [-0.4, -0.2) is 0 Å². The molecule has 0 unspecified atom stereocenters. The van der Waals surface area contributed by atoms with Crippen molar-refractivity contribution in [3.63, 3.8) is 0 Å². The number of nitriles is 1. The molecule has 0 aliphatic heterocycles. The van der Waals surface area contributed by atoms with Crippen molar-refractivity contribution in [1.82, 2.24) is 0 Å². The molecule has 0 bridgehead atoms. The molecule has 112 valence electrons. The van der Waals surface area contributed by atoms with E-state index in [4.69, 9.17) is 4.42 Å². The van der Waals surface area contributed by atoms with Gasteiger partial charge in [0, 0.05) is 10.0 Å². The Morgan fingerprint density at radius 3 is 2.57 bits per heavy atom. The van der Waals surface area contributed by atoms with Gasteiger partial charge in [-0.15, -0.1) is 0 Å². The van der Waals surface area contributed by atoms with Crippen LogP contribution in [0.2, 0.25) is 0 Å². The Kier molecular flexibility index (Phi) is 4.45. The minimum absolute atomic E-state index is 0.578. The highest BCUT2D eigenvalue weighted by Crippen LogP contribution is 2.31. The van der Waals surface area contributed by atoms with E-state index in [9.17, 15) is 5.26 Å². The second-order valence-electron chi connectivity index (χ2n) is 5.22. The topological polar surface area (TPSA) is 36.9 Å². The number of benzene rings is 2. The van der Waals surface area contributed by atoms with Crippen molar-refractivity contribution < 1.29 is 4.42 Å². The SMILES string of the molecule is Cc1ccc(-c2ccc(/C=C(/C#N)c3ccccc3)o2)c(Br)c1. The summed E-state index contributed by atoms with van der Waals surface area (Å²) in [6.07, 6.45) is 1.76. The van der Waals surface area contributed by atoms with E-state index in [1.54, 1.807) is 6.08 Å². The first-order chi connectivity index (χ1) is 11.2. The van der Waals surface area contributed by atoms with Crippen LogP contribution >= 0.6 is 15.9 Å². The zero-order valence-electron chi connectivity index (χ0n) is 12.6. The van der Waals surface area contributed by atoms with Gasteiger partial charge in [0.2, 0.25) is 0 Å². The average Bonchev–Trinajstić information content (AvgIpc) is 3.01. The predicted octanol–water partition coefficient (Wildman–Crippen LogP) is 6.08. The Balaban J connectivity index is 1.96. The summed E-state index contributed by atoms with van der Waals surface area (Å²) in [6.45, 7) is 2.05. The minimum atomic E-state index is 0.578. The van der Waals surface area contributed by atoms with E-state index >= 15 is 0 Å². The molecule has 0 N–H and O–H groups in total. The molecular weight excluding hydrogens is 350 g/mol. The van der Waals surface area contributed by atoms with Gasteiger partial charge in [-0.25, -0.2) is 0 Å². The minimum Gasteiger partial charge on any atom is -0.457 e. The first-order valence-corrected chi connectivity index (χ1v) is 8.00. The van der Waals surface area contributed by atoms with Gasteiger partial charge in [-0.2, -0.15) is 5.26 Å². The molecule has 23 heavy (non-hydrogen) atoms. The van der Waals surface area contributed by atoms with Gasteiger partial charge >= 0.3 is 0 Å². The number of furan rings is 1. The van der Waals surface area contributed by atoms with Crippen LogP contribution in [0.3, 0.4) is 0 Å². The van der Waals surface area contributed by atoms with Gasteiger partial charge in [-0.05, 0) is 48.4 Å². The number of rotatable bonds is 3. The largest absolute Gasteiger partial charge is 0.457 e. The maximum absolute atomic E-state index is 9.37. The highest BCUT2D eigenvalue weighted by molar-refractivity contribution is 9.10. The first kappa shape index (κ1) is 15.3. The Hall–Kier alpha value is -2.57. The Morgan fingerprint density at radius 2 is 1.87 bits per heavy atom.